The molecule has 0 radical (unpaired) electrons. The van der Waals surface area contributed by atoms with Crippen molar-refractivity contribution in [2.45, 2.75) is 59.2 Å². The van der Waals surface area contributed by atoms with Gasteiger partial charge in [-0.15, -0.1) is 0 Å². The minimum Gasteiger partial charge on any atom is -0.327 e. The molecule has 2 aromatic carbocycles. The normalized spacial score (nSPS) is 12.1. The summed E-state index contributed by atoms with van der Waals surface area (Å²) < 4.78 is 41.1. The first-order valence-electron chi connectivity index (χ1n) is 11.6. The van der Waals surface area contributed by atoms with Crippen molar-refractivity contribution in [3.05, 3.63) is 77.0 Å². The Morgan fingerprint density at radius 1 is 1.03 bits per heavy atom. The number of nitrogens with zero attached hydrogens (tertiary/aromatic N) is 3. The van der Waals surface area contributed by atoms with Crippen LogP contribution in [0.1, 0.15) is 61.8 Å². The smallest absolute Gasteiger partial charge is 0.327 e. The number of amides is 2. The molecule has 0 saturated heterocycles. The number of aromatic nitrogens is 2. The molecular formula is C27H31F3N4O2. The lowest BCUT2D eigenvalue weighted by molar-refractivity contribution is -0.137. The van der Waals surface area contributed by atoms with E-state index in [4.69, 9.17) is 5.10 Å². The highest BCUT2D eigenvalue weighted by molar-refractivity contribution is 5.99. The Bertz CT molecular complexity index is 1260. The predicted octanol–water partition coefficient (Wildman–Crippen LogP) is 5.99. The molecule has 0 atom stereocenters. The minimum absolute atomic E-state index is 0.133. The van der Waals surface area contributed by atoms with E-state index in [9.17, 15) is 22.8 Å². The van der Waals surface area contributed by atoms with Gasteiger partial charge in [-0.05, 0) is 50.6 Å². The molecule has 192 valence electrons. The van der Waals surface area contributed by atoms with Gasteiger partial charge in [0.25, 0.3) is 5.91 Å². The highest BCUT2D eigenvalue weighted by Crippen LogP contribution is 2.30. The maximum Gasteiger partial charge on any atom is 0.416 e. The Hall–Kier alpha value is -3.62. The van der Waals surface area contributed by atoms with Gasteiger partial charge in [0.15, 0.2) is 0 Å². The van der Waals surface area contributed by atoms with E-state index in [1.807, 2.05) is 52.0 Å². The van der Waals surface area contributed by atoms with Crippen LogP contribution in [0.3, 0.4) is 0 Å². The monoisotopic (exact) mass is 500 g/mol. The summed E-state index contributed by atoms with van der Waals surface area (Å²) in [5.74, 6) is -0.706. The molecule has 2 amide bonds. The van der Waals surface area contributed by atoms with Crippen LogP contribution in [-0.2, 0) is 16.4 Å². The quantitative estimate of drug-likeness (QED) is 0.452. The first-order valence-corrected chi connectivity index (χ1v) is 11.6. The van der Waals surface area contributed by atoms with E-state index in [0.717, 1.165) is 29.1 Å². The number of alkyl halides is 3. The molecule has 1 aromatic heterocycles. The van der Waals surface area contributed by atoms with Crippen molar-refractivity contribution in [1.82, 2.24) is 14.7 Å². The fraction of sp³-hybridized carbons (Fsp3) is 0.370. The van der Waals surface area contributed by atoms with E-state index in [1.54, 1.807) is 24.6 Å². The third-order valence-electron chi connectivity index (χ3n) is 5.72. The number of hydrogen-bond donors (Lipinski definition) is 1. The molecule has 3 aromatic rings. The van der Waals surface area contributed by atoms with Gasteiger partial charge in [-0.2, -0.15) is 18.3 Å². The molecule has 0 aliphatic heterocycles. The molecule has 0 aliphatic carbocycles. The second-order valence-electron chi connectivity index (χ2n) is 10.0. The van der Waals surface area contributed by atoms with Crippen molar-refractivity contribution in [2.24, 2.45) is 0 Å². The van der Waals surface area contributed by atoms with E-state index in [0.29, 0.717) is 5.82 Å². The molecule has 0 saturated carbocycles. The summed E-state index contributed by atoms with van der Waals surface area (Å²) in [5, 5.41) is 7.55. The lowest BCUT2D eigenvalue weighted by Crippen LogP contribution is -2.42. The molecule has 0 bridgehead atoms. The number of aryl methyl sites for hydroxylation is 1. The zero-order chi connectivity index (χ0) is 26.8. The molecule has 9 heteroatoms. The largest absolute Gasteiger partial charge is 0.416 e. The number of anilines is 1. The first kappa shape index (κ1) is 27.0. The van der Waals surface area contributed by atoms with Gasteiger partial charge in [-0.1, -0.05) is 45.0 Å². The Kier molecular flexibility index (Phi) is 7.62. The van der Waals surface area contributed by atoms with Crippen molar-refractivity contribution in [3.8, 4) is 5.69 Å². The van der Waals surface area contributed by atoms with Gasteiger partial charge in [-0.25, -0.2) is 4.68 Å². The first-order chi connectivity index (χ1) is 16.7. The second kappa shape index (κ2) is 10.2. The topological polar surface area (TPSA) is 67.2 Å². The van der Waals surface area contributed by atoms with Crippen molar-refractivity contribution in [3.63, 3.8) is 0 Å². The molecule has 0 unspecified atom stereocenters. The summed E-state index contributed by atoms with van der Waals surface area (Å²) in [4.78, 5) is 27.4. The number of nitrogens with one attached hydrogen (secondary N) is 1. The number of halogens is 3. The van der Waals surface area contributed by atoms with E-state index in [1.165, 1.54) is 17.0 Å². The number of rotatable bonds is 6. The number of benzene rings is 2. The average molecular weight is 501 g/mol. The van der Waals surface area contributed by atoms with Crippen LogP contribution in [0, 0.1) is 6.92 Å². The summed E-state index contributed by atoms with van der Waals surface area (Å²) in [7, 11) is 0. The van der Waals surface area contributed by atoms with Crippen LogP contribution in [0.4, 0.5) is 19.0 Å². The third kappa shape index (κ3) is 6.13. The fourth-order valence-corrected chi connectivity index (χ4v) is 3.64. The Balaban J connectivity index is 1.89. The summed E-state index contributed by atoms with van der Waals surface area (Å²) >= 11 is 0. The molecule has 3 rings (SSSR count). The van der Waals surface area contributed by atoms with Crippen LogP contribution in [0.15, 0.2) is 54.6 Å². The van der Waals surface area contributed by atoms with Crippen LogP contribution >= 0.6 is 0 Å². The van der Waals surface area contributed by atoms with Gasteiger partial charge in [0.2, 0.25) is 5.91 Å². The van der Waals surface area contributed by atoms with Crippen LogP contribution in [0.5, 0.6) is 0 Å². The van der Waals surface area contributed by atoms with Crippen molar-refractivity contribution in [2.75, 3.05) is 11.9 Å². The van der Waals surface area contributed by atoms with Gasteiger partial charge in [-0.3, -0.25) is 9.59 Å². The van der Waals surface area contributed by atoms with E-state index in [-0.39, 0.29) is 17.5 Å². The van der Waals surface area contributed by atoms with Crippen LogP contribution < -0.4 is 5.32 Å². The SMILES string of the molecule is Cc1ccccc1-n1nc(C(C)(C)C)cc1NC(=O)CN(C(=O)c1cccc(C(F)(F)F)c1)C(C)C. The highest BCUT2D eigenvalue weighted by Gasteiger charge is 2.32. The number of carbonyl (C=O) groups is 2. The number of hydrogen-bond acceptors (Lipinski definition) is 3. The predicted molar refractivity (Wildman–Crippen MR) is 133 cm³/mol. The summed E-state index contributed by atoms with van der Waals surface area (Å²) in [5.41, 5.74) is 1.19. The van der Waals surface area contributed by atoms with Crippen LogP contribution in [0.25, 0.3) is 5.69 Å². The second-order valence-corrected chi connectivity index (χ2v) is 10.0. The van der Waals surface area contributed by atoms with Gasteiger partial charge in [0.05, 0.1) is 16.9 Å². The maximum absolute atomic E-state index is 13.1. The highest BCUT2D eigenvalue weighted by atomic mass is 19.4. The molecule has 1 N–H and O–H groups in total. The average Bonchev–Trinajstić information content (AvgIpc) is 3.20. The number of carbonyl (C=O) groups excluding carboxylic acids is 2. The van der Waals surface area contributed by atoms with Crippen molar-refractivity contribution >= 4 is 17.6 Å². The maximum atomic E-state index is 13.1. The van der Waals surface area contributed by atoms with E-state index >= 15 is 0 Å². The standard InChI is InChI=1S/C27H31F3N4O2/c1-17(2)33(25(36)19-11-9-12-20(14-19)27(28,29)30)16-24(35)31-23-15-22(26(4,5)6)32-34(23)21-13-8-7-10-18(21)3/h7-15,17H,16H2,1-6H3,(H,31,35). The fourth-order valence-electron chi connectivity index (χ4n) is 3.64. The summed E-state index contributed by atoms with van der Waals surface area (Å²) in [6, 6.07) is 13.2. The zero-order valence-corrected chi connectivity index (χ0v) is 21.3. The molecular weight excluding hydrogens is 469 g/mol. The lowest BCUT2D eigenvalue weighted by atomic mass is 9.92. The third-order valence-corrected chi connectivity index (χ3v) is 5.72. The molecule has 6 nitrogen and oxygen atoms in total. The van der Waals surface area contributed by atoms with E-state index < -0.39 is 29.6 Å². The van der Waals surface area contributed by atoms with Gasteiger partial charge in [0.1, 0.15) is 12.4 Å². The molecule has 0 fully saturated rings. The molecule has 0 spiro atoms. The molecule has 1 heterocycles. The Morgan fingerprint density at radius 2 is 1.69 bits per heavy atom. The Morgan fingerprint density at radius 3 is 2.28 bits per heavy atom. The lowest BCUT2D eigenvalue weighted by Gasteiger charge is -2.26. The summed E-state index contributed by atoms with van der Waals surface area (Å²) in [6.45, 7) is 11.0. The van der Waals surface area contributed by atoms with E-state index in [2.05, 4.69) is 5.32 Å². The molecule has 36 heavy (non-hydrogen) atoms. The number of para-hydroxylation sites is 1. The van der Waals surface area contributed by atoms with Crippen LogP contribution in [0.2, 0.25) is 0 Å². The van der Waals surface area contributed by atoms with Gasteiger partial charge >= 0.3 is 6.18 Å². The van der Waals surface area contributed by atoms with Gasteiger partial charge in [0, 0.05) is 23.1 Å². The summed E-state index contributed by atoms with van der Waals surface area (Å²) in [6.07, 6.45) is -4.57. The van der Waals surface area contributed by atoms with Crippen molar-refractivity contribution in [1.29, 1.82) is 0 Å². The zero-order valence-electron chi connectivity index (χ0n) is 21.3. The minimum atomic E-state index is -4.57. The van der Waals surface area contributed by atoms with Gasteiger partial charge < -0.3 is 10.2 Å². The van der Waals surface area contributed by atoms with Crippen molar-refractivity contribution < 1.29 is 22.8 Å². The van der Waals surface area contributed by atoms with Crippen LogP contribution in [-0.4, -0.2) is 39.1 Å². The Labute approximate surface area is 209 Å². The molecule has 0 aliphatic rings.